The molecule has 0 bridgehead atoms. The average Bonchev–Trinajstić information content (AvgIpc) is 2.78. The summed E-state index contributed by atoms with van der Waals surface area (Å²) in [6.45, 7) is 5.97. The van der Waals surface area contributed by atoms with Crippen molar-refractivity contribution in [3.63, 3.8) is 0 Å². The predicted molar refractivity (Wildman–Crippen MR) is 124 cm³/mol. The maximum atomic E-state index is 12.8. The molecule has 0 aliphatic rings. The number of esters is 1. The van der Waals surface area contributed by atoms with Gasteiger partial charge in [0, 0.05) is 10.1 Å². The standard InChI is InChI=1S/C26H25F3O3S/c1-4-31-25(30)16-32-24-14-13-23(15-17(24)2)33-18(3)19-5-7-20(8-6-19)21-9-11-22(12-10-21)26(27,28)29/h5-15,18H,4,16H2,1-3H3. The van der Waals surface area contributed by atoms with Gasteiger partial charge >= 0.3 is 12.1 Å². The maximum Gasteiger partial charge on any atom is 0.416 e. The van der Waals surface area contributed by atoms with E-state index in [1.54, 1.807) is 18.7 Å². The van der Waals surface area contributed by atoms with E-state index in [-0.39, 0.29) is 11.9 Å². The molecule has 0 aliphatic heterocycles. The highest BCUT2D eigenvalue weighted by Gasteiger charge is 2.29. The second-order valence-corrected chi connectivity index (χ2v) is 8.89. The lowest BCUT2D eigenvalue weighted by atomic mass is 10.0. The van der Waals surface area contributed by atoms with Gasteiger partial charge in [-0.2, -0.15) is 13.2 Å². The highest BCUT2D eigenvalue weighted by atomic mass is 32.2. The van der Waals surface area contributed by atoms with Gasteiger partial charge in [-0.05, 0) is 73.4 Å². The van der Waals surface area contributed by atoms with Crippen LogP contribution in [0.15, 0.2) is 71.6 Å². The zero-order valence-corrected chi connectivity index (χ0v) is 19.4. The minimum Gasteiger partial charge on any atom is -0.482 e. The monoisotopic (exact) mass is 474 g/mol. The van der Waals surface area contributed by atoms with E-state index >= 15 is 0 Å². The summed E-state index contributed by atoms with van der Waals surface area (Å²) >= 11 is 1.69. The van der Waals surface area contributed by atoms with E-state index in [2.05, 4.69) is 6.92 Å². The molecule has 0 saturated carbocycles. The van der Waals surface area contributed by atoms with Crippen LogP contribution in [-0.2, 0) is 15.7 Å². The molecule has 33 heavy (non-hydrogen) atoms. The Morgan fingerprint density at radius 1 is 0.970 bits per heavy atom. The maximum absolute atomic E-state index is 12.8. The van der Waals surface area contributed by atoms with Crippen molar-refractivity contribution in [2.75, 3.05) is 13.2 Å². The van der Waals surface area contributed by atoms with Crippen molar-refractivity contribution in [2.24, 2.45) is 0 Å². The van der Waals surface area contributed by atoms with Crippen molar-refractivity contribution in [1.82, 2.24) is 0 Å². The SMILES string of the molecule is CCOC(=O)COc1ccc(SC(C)c2ccc(-c3ccc(C(F)(F)F)cc3)cc2)cc1C. The third-order valence-electron chi connectivity index (χ3n) is 5.04. The quantitative estimate of drug-likeness (QED) is 0.250. The minimum atomic E-state index is -4.33. The molecule has 0 N–H and O–H groups in total. The van der Waals surface area contributed by atoms with Gasteiger partial charge in [-0.25, -0.2) is 4.79 Å². The van der Waals surface area contributed by atoms with Crippen LogP contribution in [0, 0.1) is 6.92 Å². The molecule has 0 radical (unpaired) electrons. The van der Waals surface area contributed by atoms with E-state index in [0.29, 0.717) is 12.4 Å². The summed E-state index contributed by atoms with van der Waals surface area (Å²) in [7, 11) is 0. The van der Waals surface area contributed by atoms with Crippen LogP contribution in [0.4, 0.5) is 13.2 Å². The highest BCUT2D eigenvalue weighted by Crippen LogP contribution is 2.37. The number of aryl methyl sites for hydroxylation is 1. The Hall–Kier alpha value is -2.93. The Kier molecular flexibility index (Phi) is 8.08. The number of benzene rings is 3. The van der Waals surface area contributed by atoms with Crippen LogP contribution < -0.4 is 4.74 Å². The van der Waals surface area contributed by atoms with Crippen LogP contribution >= 0.6 is 11.8 Å². The van der Waals surface area contributed by atoms with Gasteiger partial charge in [-0.1, -0.05) is 36.4 Å². The fraction of sp³-hybridized carbons (Fsp3) is 0.269. The van der Waals surface area contributed by atoms with Crippen molar-refractivity contribution < 1.29 is 27.4 Å². The number of carbonyl (C=O) groups excluding carboxylic acids is 1. The zero-order valence-electron chi connectivity index (χ0n) is 18.6. The Bertz CT molecular complexity index is 1080. The van der Waals surface area contributed by atoms with Crippen molar-refractivity contribution >= 4 is 17.7 Å². The number of hydrogen-bond donors (Lipinski definition) is 0. The molecular formula is C26H25F3O3S. The van der Waals surface area contributed by atoms with Gasteiger partial charge < -0.3 is 9.47 Å². The first-order chi connectivity index (χ1) is 15.7. The van der Waals surface area contributed by atoms with Gasteiger partial charge in [0.25, 0.3) is 0 Å². The lowest BCUT2D eigenvalue weighted by Gasteiger charge is -2.15. The molecule has 0 heterocycles. The molecule has 1 unspecified atom stereocenters. The molecule has 0 amide bonds. The number of carbonyl (C=O) groups is 1. The number of ether oxygens (including phenoxy) is 2. The number of hydrogen-bond acceptors (Lipinski definition) is 4. The fourth-order valence-electron chi connectivity index (χ4n) is 3.27. The lowest BCUT2D eigenvalue weighted by Crippen LogP contribution is -2.14. The van der Waals surface area contributed by atoms with Crippen LogP contribution in [0.3, 0.4) is 0 Å². The molecule has 0 fully saturated rings. The Morgan fingerprint density at radius 3 is 2.12 bits per heavy atom. The first-order valence-corrected chi connectivity index (χ1v) is 11.4. The van der Waals surface area contributed by atoms with Gasteiger partial charge in [0.2, 0.25) is 0 Å². The fourth-order valence-corrected chi connectivity index (χ4v) is 4.36. The predicted octanol–water partition coefficient (Wildman–Crippen LogP) is 7.48. The summed E-state index contributed by atoms with van der Waals surface area (Å²) in [6, 6.07) is 18.8. The highest BCUT2D eigenvalue weighted by molar-refractivity contribution is 7.99. The largest absolute Gasteiger partial charge is 0.482 e. The smallest absolute Gasteiger partial charge is 0.416 e. The van der Waals surface area contributed by atoms with Crippen molar-refractivity contribution in [1.29, 1.82) is 0 Å². The lowest BCUT2D eigenvalue weighted by molar-refractivity contribution is -0.145. The summed E-state index contributed by atoms with van der Waals surface area (Å²) in [5.74, 6) is 0.240. The van der Waals surface area contributed by atoms with Crippen molar-refractivity contribution in [3.8, 4) is 16.9 Å². The van der Waals surface area contributed by atoms with E-state index < -0.39 is 17.7 Å². The topological polar surface area (TPSA) is 35.5 Å². The van der Waals surface area contributed by atoms with Gasteiger partial charge in [0.05, 0.1) is 12.2 Å². The van der Waals surface area contributed by atoms with Crippen LogP contribution in [0.2, 0.25) is 0 Å². The molecule has 3 nitrogen and oxygen atoms in total. The second-order valence-electron chi connectivity index (χ2n) is 7.48. The number of halogens is 3. The number of rotatable bonds is 8. The molecule has 0 saturated heterocycles. The molecular weight excluding hydrogens is 449 g/mol. The van der Waals surface area contributed by atoms with Gasteiger partial charge in [0.1, 0.15) is 5.75 Å². The Morgan fingerprint density at radius 2 is 1.58 bits per heavy atom. The molecule has 0 aromatic heterocycles. The minimum absolute atomic E-state index is 0.122. The van der Waals surface area contributed by atoms with Crippen molar-refractivity contribution in [2.45, 2.75) is 37.1 Å². The summed E-state index contributed by atoms with van der Waals surface area (Å²) in [4.78, 5) is 12.5. The number of alkyl halides is 3. The summed E-state index contributed by atoms with van der Waals surface area (Å²) < 4.78 is 48.7. The second kappa shape index (κ2) is 10.8. The van der Waals surface area contributed by atoms with E-state index in [9.17, 15) is 18.0 Å². The summed E-state index contributed by atoms with van der Waals surface area (Å²) in [5, 5.41) is 0.164. The molecule has 7 heteroatoms. The normalized spacial score (nSPS) is 12.3. The van der Waals surface area contributed by atoms with Crippen LogP contribution in [0.5, 0.6) is 5.75 Å². The Labute approximate surface area is 195 Å². The van der Waals surface area contributed by atoms with E-state index in [0.717, 1.165) is 39.3 Å². The average molecular weight is 475 g/mol. The Balaban J connectivity index is 1.63. The third kappa shape index (κ3) is 6.78. The molecule has 3 aromatic rings. The van der Waals surface area contributed by atoms with Crippen LogP contribution in [-0.4, -0.2) is 19.2 Å². The molecule has 0 spiro atoms. The van der Waals surface area contributed by atoms with Crippen molar-refractivity contribution in [3.05, 3.63) is 83.4 Å². The first-order valence-electron chi connectivity index (χ1n) is 10.5. The molecule has 1 atom stereocenters. The van der Waals surface area contributed by atoms with Crippen LogP contribution in [0.1, 0.15) is 35.8 Å². The van der Waals surface area contributed by atoms with E-state index in [4.69, 9.17) is 9.47 Å². The molecule has 3 rings (SSSR count). The van der Waals surface area contributed by atoms with E-state index in [1.165, 1.54) is 12.1 Å². The summed E-state index contributed by atoms with van der Waals surface area (Å²) in [5.41, 5.74) is 2.98. The first kappa shape index (κ1) is 24.7. The molecule has 3 aromatic carbocycles. The van der Waals surface area contributed by atoms with Gasteiger partial charge in [-0.3, -0.25) is 0 Å². The summed E-state index contributed by atoms with van der Waals surface area (Å²) in [6.07, 6.45) is -4.33. The van der Waals surface area contributed by atoms with Gasteiger partial charge in [-0.15, -0.1) is 11.8 Å². The zero-order chi connectivity index (χ0) is 24.0. The van der Waals surface area contributed by atoms with Gasteiger partial charge in [0.15, 0.2) is 6.61 Å². The third-order valence-corrected chi connectivity index (χ3v) is 6.19. The molecule has 174 valence electrons. The van der Waals surface area contributed by atoms with E-state index in [1.807, 2.05) is 49.4 Å². The molecule has 0 aliphatic carbocycles. The van der Waals surface area contributed by atoms with Crippen LogP contribution in [0.25, 0.3) is 11.1 Å². The number of thioether (sulfide) groups is 1.